The fourth-order valence-corrected chi connectivity index (χ4v) is 3.44. The number of nitrogens with one attached hydrogen (secondary N) is 1. The Balaban J connectivity index is 0.000000661. The molecule has 0 radical (unpaired) electrons. The van der Waals surface area contributed by atoms with Crippen molar-refractivity contribution in [3.63, 3.8) is 0 Å². The molecule has 0 saturated carbocycles. The number of allylic oxidation sites excluding steroid dienone is 6. The molecule has 1 nitrogen and oxygen atoms in total. The number of hydrogen-bond acceptors (Lipinski definition) is 1. The summed E-state index contributed by atoms with van der Waals surface area (Å²) in [4.78, 5) is 0. The Morgan fingerprint density at radius 3 is 2.14 bits per heavy atom. The Bertz CT molecular complexity index is 1140. The molecular formula is C34H41ErNS-2. The van der Waals surface area contributed by atoms with Crippen LogP contribution in [0.2, 0.25) is 0 Å². The van der Waals surface area contributed by atoms with Crippen LogP contribution in [0, 0.1) is 50.3 Å². The van der Waals surface area contributed by atoms with E-state index in [4.69, 9.17) is 5.73 Å². The molecule has 37 heavy (non-hydrogen) atoms. The largest absolute Gasteiger partial charge is 0.742 e. The molecular weight excluding hydrogens is 622 g/mol. The molecule has 0 heterocycles. The van der Waals surface area contributed by atoms with E-state index in [9.17, 15) is 0 Å². The first kappa shape index (κ1) is 35.0. The van der Waals surface area contributed by atoms with Crippen molar-refractivity contribution in [3.05, 3.63) is 149 Å². The molecule has 0 aliphatic heterocycles. The van der Waals surface area contributed by atoms with Crippen molar-refractivity contribution in [1.29, 1.82) is 0 Å². The minimum atomic E-state index is 0. The van der Waals surface area contributed by atoms with Gasteiger partial charge < -0.3 is 5.73 Å². The molecule has 0 aliphatic rings. The summed E-state index contributed by atoms with van der Waals surface area (Å²) in [5.41, 5.74) is 16.6. The summed E-state index contributed by atoms with van der Waals surface area (Å²) < 4.78 is 0. The molecule has 3 aromatic rings. The first-order chi connectivity index (χ1) is 17.4. The van der Waals surface area contributed by atoms with Crippen molar-refractivity contribution >= 4 is 23.9 Å². The molecule has 0 aromatic heterocycles. The molecule has 3 aromatic carbocycles. The minimum Gasteiger partial charge on any atom is -0.742 e. The first-order valence-electron chi connectivity index (χ1n) is 12.5. The summed E-state index contributed by atoms with van der Waals surface area (Å²) in [5.74, 6) is 0.944. The normalized spacial score (nSPS) is 11.0. The van der Waals surface area contributed by atoms with Gasteiger partial charge >= 0.3 is 0 Å². The first-order valence-corrected chi connectivity index (χ1v) is 13.1. The quantitative estimate of drug-likeness (QED) is 0.148. The zero-order valence-electron chi connectivity index (χ0n) is 22.8. The summed E-state index contributed by atoms with van der Waals surface area (Å²) >= 11 is 3.79. The molecule has 1 N–H and O–H groups in total. The van der Waals surface area contributed by atoms with Gasteiger partial charge in [0.05, 0.1) is 0 Å². The van der Waals surface area contributed by atoms with E-state index in [1.54, 1.807) is 6.08 Å². The predicted molar refractivity (Wildman–Crippen MR) is 165 cm³/mol. The van der Waals surface area contributed by atoms with Crippen LogP contribution in [0.1, 0.15) is 55.5 Å². The molecule has 0 aliphatic carbocycles. The number of aryl methyl sites for hydroxylation is 2. The van der Waals surface area contributed by atoms with Crippen LogP contribution in [-0.4, -0.2) is 5.75 Å². The molecule has 0 bridgehead atoms. The Morgan fingerprint density at radius 2 is 1.57 bits per heavy atom. The molecule has 0 unspecified atom stereocenters. The van der Waals surface area contributed by atoms with Gasteiger partial charge in [-0.1, -0.05) is 100 Å². The molecule has 0 fully saturated rings. The molecule has 202 valence electrons. The Morgan fingerprint density at radius 1 is 0.973 bits per heavy atom. The van der Waals surface area contributed by atoms with E-state index in [-0.39, 0.29) is 37.3 Å². The van der Waals surface area contributed by atoms with Crippen LogP contribution < -0.4 is 0 Å². The maximum absolute atomic E-state index is 7.74. The van der Waals surface area contributed by atoms with Gasteiger partial charge in [0, 0.05) is 37.3 Å². The third-order valence-corrected chi connectivity index (χ3v) is 5.51. The minimum absolute atomic E-state index is 0. The Hall–Kier alpha value is -1.98. The van der Waals surface area contributed by atoms with Gasteiger partial charge in [0.1, 0.15) is 0 Å². The second-order valence-corrected chi connectivity index (χ2v) is 8.84. The second-order valence-electron chi connectivity index (χ2n) is 8.21. The zero-order valence-corrected chi connectivity index (χ0v) is 25.5. The number of hydrogen-bond donors (Lipinski definition) is 1. The maximum atomic E-state index is 7.74. The molecule has 0 spiro atoms. The summed E-state index contributed by atoms with van der Waals surface area (Å²) in [6.07, 6.45) is 9.89. The van der Waals surface area contributed by atoms with E-state index in [0.29, 0.717) is 5.70 Å². The standard InChI is InChI=1S/C20H22.C12H13N.C2H6S.Er/c1-4-18-10-8-9-13-20(18)15-14-16(2)17(3)19-11-6-5-7-12-19;1-3-4-9-12(13)11-8-6-5-7-10(11)2;1-2-3;/h5-14H,3-4,15H2,1-2H3;3-7,9,13H,1-2H3;3H,2H2,1H3;/q;-2;;/b16-14-;4-3-,12-9-;;. The number of benzene rings is 3. The summed E-state index contributed by atoms with van der Waals surface area (Å²) in [7, 11) is 0. The Labute approximate surface area is 261 Å². The number of rotatable bonds is 7. The van der Waals surface area contributed by atoms with Gasteiger partial charge in [-0.05, 0) is 60.3 Å². The van der Waals surface area contributed by atoms with Gasteiger partial charge in [0.15, 0.2) is 0 Å². The summed E-state index contributed by atoms with van der Waals surface area (Å²) in [6.45, 7) is 14.5. The van der Waals surface area contributed by atoms with Crippen LogP contribution in [0.25, 0.3) is 17.0 Å². The van der Waals surface area contributed by atoms with Crippen molar-refractivity contribution in [2.75, 3.05) is 5.75 Å². The molecule has 0 amide bonds. The van der Waals surface area contributed by atoms with Crippen LogP contribution in [0.5, 0.6) is 0 Å². The topological polar surface area (TPSA) is 23.8 Å². The van der Waals surface area contributed by atoms with E-state index in [2.05, 4.69) is 93.7 Å². The average Bonchev–Trinajstić information content (AvgIpc) is 2.91. The summed E-state index contributed by atoms with van der Waals surface area (Å²) in [5, 5.41) is 0. The average molecular weight is 663 g/mol. The predicted octanol–water partition coefficient (Wildman–Crippen LogP) is 10.2. The van der Waals surface area contributed by atoms with Gasteiger partial charge in [-0.3, -0.25) is 0 Å². The van der Waals surface area contributed by atoms with E-state index in [1.807, 2.05) is 57.2 Å². The van der Waals surface area contributed by atoms with Crippen molar-refractivity contribution in [2.45, 2.75) is 47.5 Å². The van der Waals surface area contributed by atoms with Gasteiger partial charge in [-0.2, -0.15) is 18.2 Å². The van der Waals surface area contributed by atoms with E-state index >= 15 is 0 Å². The Kier molecular flexibility index (Phi) is 19.9. The van der Waals surface area contributed by atoms with E-state index in [0.717, 1.165) is 35.3 Å². The summed E-state index contributed by atoms with van der Waals surface area (Å²) in [6, 6.07) is 27.8. The zero-order chi connectivity index (χ0) is 26.8. The SMILES string of the molecule is C/C=C\C=C(/[NH-])c1[c-]cccc1C.C=C(/C(C)=C\Cc1ccccc1CC)c1ccccc1.CCS.[Er]. The fourth-order valence-electron chi connectivity index (χ4n) is 3.44. The van der Waals surface area contributed by atoms with E-state index in [1.165, 1.54) is 22.3 Å². The fraction of sp³-hybridized carbons (Fsp3) is 0.235. The van der Waals surface area contributed by atoms with E-state index < -0.39 is 0 Å². The van der Waals surface area contributed by atoms with Gasteiger partial charge in [0.25, 0.3) is 0 Å². The second kappa shape index (κ2) is 21.0. The third kappa shape index (κ3) is 13.4. The van der Waals surface area contributed by atoms with Crippen LogP contribution >= 0.6 is 12.6 Å². The molecule has 0 saturated heterocycles. The monoisotopic (exact) mass is 661 g/mol. The van der Waals surface area contributed by atoms with Crippen LogP contribution in [0.15, 0.2) is 109 Å². The molecule has 0 atom stereocenters. The van der Waals surface area contributed by atoms with Crippen LogP contribution in [-0.2, 0) is 12.8 Å². The molecule has 3 heteroatoms. The van der Waals surface area contributed by atoms with Crippen LogP contribution in [0.4, 0.5) is 0 Å². The van der Waals surface area contributed by atoms with Crippen molar-refractivity contribution in [1.82, 2.24) is 0 Å². The van der Waals surface area contributed by atoms with Gasteiger partial charge in [0.2, 0.25) is 0 Å². The van der Waals surface area contributed by atoms with Gasteiger partial charge in [-0.15, -0.1) is 35.9 Å². The number of thiol groups is 1. The third-order valence-electron chi connectivity index (χ3n) is 5.51. The van der Waals surface area contributed by atoms with Crippen molar-refractivity contribution < 1.29 is 37.3 Å². The van der Waals surface area contributed by atoms with Crippen LogP contribution in [0.3, 0.4) is 0 Å². The molecule has 3 rings (SSSR count). The smallest absolute Gasteiger partial charge is 0 e. The van der Waals surface area contributed by atoms with Crippen molar-refractivity contribution in [2.24, 2.45) is 0 Å². The van der Waals surface area contributed by atoms with Gasteiger partial charge in [-0.25, -0.2) is 5.70 Å². The maximum Gasteiger partial charge on any atom is 0 e. The van der Waals surface area contributed by atoms with Crippen molar-refractivity contribution in [3.8, 4) is 0 Å².